The fraction of sp³-hybridized carbons (Fsp3) is 0.556. The number of imide groups is 1. The van der Waals surface area contributed by atoms with Crippen LogP contribution in [0.5, 0.6) is 0 Å². The van der Waals surface area contributed by atoms with Crippen molar-refractivity contribution in [1.29, 1.82) is 0 Å². The van der Waals surface area contributed by atoms with Gasteiger partial charge in [-0.1, -0.05) is 6.58 Å². The molecule has 0 radical (unpaired) electrons. The molecule has 0 aromatic carbocycles. The van der Waals surface area contributed by atoms with Gasteiger partial charge in [-0.2, -0.15) is 0 Å². The Labute approximate surface area is 83.2 Å². The maximum Gasteiger partial charge on any atom is 0.255 e. The maximum atomic E-state index is 11.4. The third kappa shape index (κ3) is 3.68. The highest BCUT2D eigenvalue weighted by molar-refractivity contribution is 6.04. The second-order valence-corrected chi connectivity index (χ2v) is 3.14. The zero-order chi connectivity index (χ0) is 11.3. The van der Waals surface area contributed by atoms with Gasteiger partial charge in [-0.25, -0.2) is 0 Å². The van der Waals surface area contributed by atoms with Crippen LogP contribution in [-0.4, -0.2) is 41.0 Å². The van der Waals surface area contributed by atoms with Crippen molar-refractivity contribution in [2.24, 2.45) is 5.73 Å². The molecule has 0 saturated carbocycles. The van der Waals surface area contributed by atoms with Gasteiger partial charge in [0.1, 0.15) is 0 Å². The Bertz CT molecular complexity index is 248. The van der Waals surface area contributed by atoms with Crippen molar-refractivity contribution in [3.05, 3.63) is 12.2 Å². The zero-order valence-electron chi connectivity index (χ0n) is 8.49. The van der Waals surface area contributed by atoms with Crippen molar-refractivity contribution in [2.75, 3.05) is 13.1 Å². The van der Waals surface area contributed by atoms with Crippen LogP contribution in [0.3, 0.4) is 0 Å². The monoisotopic (exact) mass is 200 g/mol. The van der Waals surface area contributed by atoms with Gasteiger partial charge in [0.15, 0.2) is 0 Å². The molecule has 0 rings (SSSR count). The number of aliphatic hydroxyl groups is 1. The molecular formula is C9H16N2O3. The van der Waals surface area contributed by atoms with Crippen LogP contribution in [0, 0.1) is 0 Å². The Hall–Kier alpha value is -1.20. The third-order valence-corrected chi connectivity index (χ3v) is 1.53. The molecular weight excluding hydrogens is 184 g/mol. The van der Waals surface area contributed by atoms with Gasteiger partial charge in [-0.3, -0.25) is 14.5 Å². The Morgan fingerprint density at radius 1 is 1.57 bits per heavy atom. The molecule has 0 aromatic rings. The minimum Gasteiger partial charge on any atom is -0.392 e. The van der Waals surface area contributed by atoms with Crippen LogP contribution in [0.2, 0.25) is 0 Å². The number of nitrogens with two attached hydrogens (primary N) is 1. The lowest BCUT2D eigenvalue weighted by Gasteiger charge is -2.21. The molecule has 0 fully saturated rings. The topological polar surface area (TPSA) is 83.6 Å². The van der Waals surface area contributed by atoms with E-state index in [1.807, 2.05) is 0 Å². The van der Waals surface area contributed by atoms with E-state index in [0.29, 0.717) is 0 Å². The standard InChI is InChI=1S/C9H16N2O3/c1-6(2)9(14)11(5-7(3)12)8(13)4-10/h7,12H,1,4-5,10H2,2-3H3. The van der Waals surface area contributed by atoms with Gasteiger partial charge in [-0.05, 0) is 13.8 Å². The predicted molar refractivity (Wildman–Crippen MR) is 52.3 cm³/mol. The average molecular weight is 200 g/mol. The molecule has 0 aliphatic heterocycles. The molecule has 0 aromatic heterocycles. The summed E-state index contributed by atoms with van der Waals surface area (Å²) in [7, 11) is 0. The minimum absolute atomic E-state index is 0.0538. The minimum atomic E-state index is -0.770. The molecule has 1 atom stereocenters. The van der Waals surface area contributed by atoms with Gasteiger partial charge in [0, 0.05) is 5.57 Å². The average Bonchev–Trinajstić information content (AvgIpc) is 2.11. The van der Waals surface area contributed by atoms with Gasteiger partial charge >= 0.3 is 0 Å². The number of carbonyl (C=O) groups is 2. The lowest BCUT2D eigenvalue weighted by Crippen LogP contribution is -2.44. The van der Waals surface area contributed by atoms with E-state index in [-0.39, 0.29) is 18.7 Å². The van der Waals surface area contributed by atoms with Crippen molar-refractivity contribution in [3.8, 4) is 0 Å². The fourth-order valence-electron chi connectivity index (χ4n) is 0.903. The molecule has 0 spiro atoms. The molecule has 0 aliphatic rings. The van der Waals surface area contributed by atoms with Gasteiger partial charge in [0.2, 0.25) is 5.91 Å². The van der Waals surface area contributed by atoms with Crippen LogP contribution < -0.4 is 5.73 Å². The SMILES string of the molecule is C=C(C)C(=O)N(CC(C)O)C(=O)CN. The number of hydrogen-bond donors (Lipinski definition) is 2. The summed E-state index contributed by atoms with van der Waals surface area (Å²) in [4.78, 5) is 23.5. The van der Waals surface area contributed by atoms with Crippen LogP contribution in [0.25, 0.3) is 0 Å². The lowest BCUT2D eigenvalue weighted by molar-refractivity contribution is -0.143. The van der Waals surface area contributed by atoms with Crippen LogP contribution in [0.4, 0.5) is 0 Å². The van der Waals surface area contributed by atoms with Gasteiger partial charge in [0.05, 0.1) is 19.2 Å². The highest BCUT2D eigenvalue weighted by atomic mass is 16.3. The van der Waals surface area contributed by atoms with Crippen molar-refractivity contribution in [3.63, 3.8) is 0 Å². The largest absolute Gasteiger partial charge is 0.392 e. The summed E-state index contributed by atoms with van der Waals surface area (Å²) in [6.07, 6.45) is -0.770. The van der Waals surface area contributed by atoms with Crippen molar-refractivity contribution in [2.45, 2.75) is 20.0 Å². The number of rotatable bonds is 4. The summed E-state index contributed by atoms with van der Waals surface area (Å²) >= 11 is 0. The highest BCUT2D eigenvalue weighted by Crippen LogP contribution is 2.01. The molecule has 0 saturated heterocycles. The molecule has 1 unspecified atom stereocenters. The van der Waals surface area contributed by atoms with E-state index in [2.05, 4.69) is 6.58 Å². The van der Waals surface area contributed by atoms with Crippen molar-refractivity contribution >= 4 is 11.8 Å². The summed E-state index contributed by atoms with van der Waals surface area (Å²) in [6.45, 7) is 6.11. The molecule has 80 valence electrons. The number of amides is 2. The summed E-state index contributed by atoms with van der Waals surface area (Å²) in [5.74, 6) is -1.01. The Morgan fingerprint density at radius 2 is 2.07 bits per heavy atom. The molecule has 5 nitrogen and oxygen atoms in total. The summed E-state index contributed by atoms with van der Waals surface area (Å²) in [5.41, 5.74) is 5.37. The normalized spacial score (nSPS) is 12.0. The molecule has 5 heteroatoms. The molecule has 2 amide bonds. The second-order valence-electron chi connectivity index (χ2n) is 3.14. The molecule has 0 heterocycles. The smallest absolute Gasteiger partial charge is 0.255 e. The Balaban J connectivity index is 4.63. The Morgan fingerprint density at radius 3 is 2.36 bits per heavy atom. The van der Waals surface area contributed by atoms with E-state index < -0.39 is 17.9 Å². The maximum absolute atomic E-state index is 11.4. The first-order chi connectivity index (χ1) is 6.40. The second kappa shape index (κ2) is 5.51. The van der Waals surface area contributed by atoms with Crippen LogP contribution in [-0.2, 0) is 9.59 Å². The van der Waals surface area contributed by atoms with E-state index in [4.69, 9.17) is 10.8 Å². The zero-order valence-corrected chi connectivity index (χ0v) is 8.49. The van der Waals surface area contributed by atoms with Crippen LogP contribution >= 0.6 is 0 Å². The summed E-state index contributed by atoms with van der Waals surface area (Å²) in [5, 5.41) is 9.08. The molecule has 3 N–H and O–H groups in total. The molecule has 0 bridgehead atoms. The Kier molecular flexibility index (Phi) is 5.04. The van der Waals surface area contributed by atoms with E-state index in [1.165, 1.54) is 13.8 Å². The van der Waals surface area contributed by atoms with Crippen molar-refractivity contribution in [1.82, 2.24) is 4.90 Å². The molecule has 0 aliphatic carbocycles. The number of aliphatic hydroxyl groups excluding tert-OH is 1. The first kappa shape index (κ1) is 12.8. The first-order valence-corrected chi connectivity index (χ1v) is 4.28. The van der Waals surface area contributed by atoms with E-state index in [0.717, 1.165) is 4.90 Å². The quantitative estimate of drug-likeness (QED) is 0.585. The lowest BCUT2D eigenvalue weighted by atomic mass is 10.2. The van der Waals surface area contributed by atoms with Crippen LogP contribution in [0.1, 0.15) is 13.8 Å². The van der Waals surface area contributed by atoms with E-state index in [9.17, 15) is 9.59 Å². The summed E-state index contributed by atoms with van der Waals surface area (Å²) in [6, 6.07) is 0. The first-order valence-electron chi connectivity index (χ1n) is 4.28. The fourth-order valence-corrected chi connectivity index (χ4v) is 0.903. The van der Waals surface area contributed by atoms with Crippen molar-refractivity contribution < 1.29 is 14.7 Å². The number of carbonyl (C=O) groups excluding carboxylic acids is 2. The van der Waals surface area contributed by atoms with Crippen LogP contribution in [0.15, 0.2) is 12.2 Å². The number of nitrogens with zero attached hydrogens (tertiary/aromatic N) is 1. The van der Waals surface area contributed by atoms with Gasteiger partial charge < -0.3 is 10.8 Å². The van der Waals surface area contributed by atoms with E-state index >= 15 is 0 Å². The summed E-state index contributed by atoms with van der Waals surface area (Å²) < 4.78 is 0. The van der Waals surface area contributed by atoms with E-state index in [1.54, 1.807) is 0 Å². The van der Waals surface area contributed by atoms with Gasteiger partial charge in [-0.15, -0.1) is 0 Å². The third-order valence-electron chi connectivity index (χ3n) is 1.53. The highest BCUT2D eigenvalue weighted by Gasteiger charge is 2.21. The predicted octanol–water partition coefficient (Wildman–Crippen LogP) is -0.743. The van der Waals surface area contributed by atoms with Gasteiger partial charge in [0.25, 0.3) is 5.91 Å². The molecule has 14 heavy (non-hydrogen) atoms. The number of hydrogen-bond acceptors (Lipinski definition) is 4.